The lowest BCUT2D eigenvalue weighted by Crippen LogP contribution is -2.50. The van der Waals surface area contributed by atoms with Gasteiger partial charge in [-0.3, -0.25) is 4.90 Å². The minimum absolute atomic E-state index is 0.0628. The Labute approximate surface area is 103 Å². The normalized spacial score (nSPS) is 30.4. The summed E-state index contributed by atoms with van der Waals surface area (Å²) in [6.07, 6.45) is 0.405. The molecule has 1 saturated heterocycles. The van der Waals surface area contributed by atoms with Crippen LogP contribution in [0.5, 0.6) is 0 Å². The Morgan fingerprint density at radius 3 is 2.65 bits per heavy atom. The maximum atomic E-state index is 10.1. The molecule has 2 rings (SSSR count). The Morgan fingerprint density at radius 1 is 1.35 bits per heavy atom. The van der Waals surface area contributed by atoms with Crippen molar-refractivity contribution in [2.45, 2.75) is 26.0 Å². The number of likely N-dealkylation sites (tertiary alicyclic amines) is 1. The maximum Gasteiger partial charge on any atom is 0.0743 e. The molecule has 0 spiro atoms. The molecular formula is C14H21NO2. The third-order valence-electron chi connectivity index (χ3n) is 3.84. The predicted octanol–water partition coefficient (Wildman–Crippen LogP) is 1.25. The molecule has 1 aromatic carbocycles. The first kappa shape index (κ1) is 12.6. The SMILES string of the molecule is C[C@@]1(CO)CCN(Cc2ccccc2)C[C@H]1O. The van der Waals surface area contributed by atoms with Gasteiger partial charge in [-0.15, -0.1) is 0 Å². The van der Waals surface area contributed by atoms with Crippen LogP contribution in [-0.2, 0) is 6.54 Å². The van der Waals surface area contributed by atoms with E-state index in [2.05, 4.69) is 17.0 Å². The summed E-state index contributed by atoms with van der Waals surface area (Å²) in [5.74, 6) is 0. The Morgan fingerprint density at radius 2 is 2.06 bits per heavy atom. The zero-order valence-electron chi connectivity index (χ0n) is 10.3. The third-order valence-corrected chi connectivity index (χ3v) is 3.84. The molecule has 0 saturated carbocycles. The molecular weight excluding hydrogens is 214 g/mol. The van der Waals surface area contributed by atoms with E-state index in [0.717, 1.165) is 19.5 Å². The highest BCUT2D eigenvalue weighted by molar-refractivity contribution is 5.14. The van der Waals surface area contributed by atoms with Crippen molar-refractivity contribution in [2.75, 3.05) is 19.7 Å². The van der Waals surface area contributed by atoms with E-state index in [0.29, 0.717) is 6.54 Å². The van der Waals surface area contributed by atoms with Gasteiger partial charge in [-0.2, -0.15) is 0 Å². The van der Waals surface area contributed by atoms with E-state index in [1.54, 1.807) is 0 Å². The summed E-state index contributed by atoms with van der Waals surface area (Å²) in [4.78, 5) is 2.25. The number of aliphatic hydroxyl groups excluding tert-OH is 2. The van der Waals surface area contributed by atoms with E-state index < -0.39 is 6.10 Å². The summed E-state index contributed by atoms with van der Waals surface area (Å²) in [6, 6.07) is 10.3. The molecule has 1 aromatic rings. The van der Waals surface area contributed by atoms with Crippen molar-refractivity contribution in [2.24, 2.45) is 5.41 Å². The van der Waals surface area contributed by atoms with E-state index in [1.165, 1.54) is 5.56 Å². The van der Waals surface area contributed by atoms with Crippen LogP contribution in [0.4, 0.5) is 0 Å². The first-order valence-corrected chi connectivity index (χ1v) is 6.19. The quantitative estimate of drug-likeness (QED) is 0.828. The van der Waals surface area contributed by atoms with Crippen molar-refractivity contribution in [1.82, 2.24) is 4.90 Å². The van der Waals surface area contributed by atoms with Crippen LogP contribution in [0, 0.1) is 5.41 Å². The highest BCUT2D eigenvalue weighted by Gasteiger charge is 2.37. The molecule has 1 aliphatic heterocycles. The zero-order chi connectivity index (χ0) is 12.3. The molecule has 0 aliphatic carbocycles. The summed E-state index contributed by atoms with van der Waals surface area (Å²) in [6.45, 7) is 4.47. The Bertz CT molecular complexity index is 354. The van der Waals surface area contributed by atoms with Crippen molar-refractivity contribution in [3.05, 3.63) is 35.9 Å². The smallest absolute Gasteiger partial charge is 0.0743 e. The van der Waals surface area contributed by atoms with E-state index >= 15 is 0 Å². The summed E-state index contributed by atoms with van der Waals surface area (Å²) in [7, 11) is 0. The minimum Gasteiger partial charge on any atom is -0.396 e. The number of hydrogen-bond acceptors (Lipinski definition) is 3. The lowest BCUT2D eigenvalue weighted by atomic mass is 9.78. The summed E-state index contributed by atoms with van der Waals surface area (Å²) in [5, 5.41) is 19.4. The van der Waals surface area contributed by atoms with E-state index in [1.807, 2.05) is 25.1 Å². The van der Waals surface area contributed by atoms with Gasteiger partial charge in [0.1, 0.15) is 0 Å². The fourth-order valence-corrected chi connectivity index (χ4v) is 2.31. The molecule has 3 heteroatoms. The number of nitrogens with zero attached hydrogens (tertiary/aromatic N) is 1. The van der Waals surface area contributed by atoms with E-state index in [4.69, 9.17) is 0 Å². The number of benzene rings is 1. The summed E-state index contributed by atoms with van der Waals surface area (Å²) >= 11 is 0. The molecule has 1 aliphatic rings. The summed E-state index contributed by atoms with van der Waals surface area (Å²) in [5.41, 5.74) is 0.944. The van der Waals surface area contributed by atoms with Gasteiger partial charge >= 0.3 is 0 Å². The summed E-state index contributed by atoms with van der Waals surface area (Å²) < 4.78 is 0. The van der Waals surface area contributed by atoms with Crippen LogP contribution >= 0.6 is 0 Å². The van der Waals surface area contributed by atoms with E-state index in [9.17, 15) is 10.2 Å². The standard InChI is InChI=1S/C14H21NO2/c1-14(11-16)7-8-15(10-13(14)17)9-12-5-3-2-4-6-12/h2-6,13,16-17H,7-11H2,1H3/t13-,14+/m1/s1. The number of rotatable bonds is 3. The highest BCUT2D eigenvalue weighted by atomic mass is 16.3. The zero-order valence-corrected chi connectivity index (χ0v) is 10.3. The van der Waals surface area contributed by atoms with Gasteiger partial charge in [0.25, 0.3) is 0 Å². The predicted molar refractivity (Wildman–Crippen MR) is 67.5 cm³/mol. The van der Waals surface area contributed by atoms with Crippen LogP contribution in [-0.4, -0.2) is 40.9 Å². The van der Waals surface area contributed by atoms with Crippen LogP contribution in [0.3, 0.4) is 0 Å². The largest absolute Gasteiger partial charge is 0.396 e. The molecule has 94 valence electrons. The molecule has 0 bridgehead atoms. The molecule has 17 heavy (non-hydrogen) atoms. The average molecular weight is 235 g/mol. The molecule has 0 aromatic heterocycles. The molecule has 0 amide bonds. The molecule has 0 unspecified atom stereocenters. The van der Waals surface area contributed by atoms with Crippen molar-refractivity contribution in [3.63, 3.8) is 0 Å². The average Bonchev–Trinajstić information content (AvgIpc) is 2.35. The Hall–Kier alpha value is -0.900. The van der Waals surface area contributed by atoms with Crippen molar-refractivity contribution < 1.29 is 10.2 Å². The van der Waals surface area contributed by atoms with Gasteiger partial charge in [-0.25, -0.2) is 0 Å². The minimum atomic E-state index is -0.440. The van der Waals surface area contributed by atoms with E-state index in [-0.39, 0.29) is 12.0 Å². The Balaban J connectivity index is 1.94. The second-order valence-corrected chi connectivity index (χ2v) is 5.30. The van der Waals surface area contributed by atoms with Gasteiger partial charge in [-0.05, 0) is 18.5 Å². The fraction of sp³-hybridized carbons (Fsp3) is 0.571. The molecule has 2 atom stereocenters. The monoisotopic (exact) mass is 235 g/mol. The molecule has 0 radical (unpaired) electrons. The number of aliphatic hydroxyl groups is 2. The highest BCUT2D eigenvalue weighted by Crippen LogP contribution is 2.31. The third kappa shape index (κ3) is 2.86. The van der Waals surface area contributed by atoms with Crippen molar-refractivity contribution >= 4 is 0 Å². The Kier molecular flexibility index (Phi) is 3.82. The van der Waals surface area contributed by atoms with Crippen molar-refractivity contribution in [1.29, 1.82) is 0 Å². The molecule has 1 heterocycles. The van der Waals surface area contributed by atoms with Gasteiger partial charge in [0.2, 0.25) is 0 Å². The van der Waals surface area contributed by atoms with Crippen LogP contribution < -0.4 is 0 Å². The van der Waals surface area contributed by atoms with Gasteiger partial charge < -0.3 is 10.2 Å². The second kappa shape index (κ2) is 5.17. The van der Waals surface area contributed by atoms with Crippen LogP contribution in [0.2, 0.25) is 0 Å². The first-order chi connectivity index (χ1) is 8.14. The van der Waals surface area contributed by atoms with Gasteiger partial charge in [-0.1, -0.05) is 37.3 Å². The van der Waals surface area contributed by atoms with Gasteiger partial charge in [0.15, 0.2) is 0 Å². The van der Waals surface area contributed by atoms with Gasteiger partial charge in [0, 0.05) is 18.5 Å². The number of piperidine rings is 1. The van der Waals surface area contributed by atoms with Gasteiger partial charge in [0.05, 0.1) is 12.7 Å². The van der Waals surface area contributed by atoms with Crippen LogP contribution in [0.25, 0.3) is 0 Å². The molecule has 1 fully saturated rings. The number of β-amino-alcohol motifs (C(OH)–C–C–N with tert-alkyl or cyclic N) is 1. The first-order valence-electron chi connectivity index (χ1n) is 6.19. The number of hydrogen-bond donors (Lipinski definition) is 2. The molecule has 3 nitrogen and oxygen atoms in total. The van der Waals surface area contributed by atoms with Crippen LogP contribution in [0.1, 0.15) is 18.9 Å². The molecule has 2 N–H and O–H groups in total. The second-order valence-electron chi connectivity index (χ2n) is 5.30. The van der Waals surface area contributed by atoms with Crippen LogP contribution in [0.15, 0.2) is 30.3 Å². The lowest BCUT2D eigenvalue weighted by molar-refractivity contribution is -0.0647. The lowest BCUT2D eigenvalue weighted by Gasteiger charge is -2.42. The topological polar surface area (TPSA) is 43.7 Å². The maximum absolute atomic E-state index is 10.1. The van der Waals surface area contributed by atoms with Crippen molar-refractivity contribution in [3.8, 4) is 0 Å². The fourth-order valence-electron chi connectivity index (χ4n) is 2.31.